The van der Waals surface area contributed by atoms with Crippen LogP contribution in [0.25, 0.3) is 0 Å². The quantitative estimate of drug-likeness (QED) is 0.524. The van der Waals surface area contributed by atoms with Crippen LogP contribution < -0.4 is 4.90 Å². The summed E-state index contributed by atoms with van der Waals surface area (Å²) in [5.74, 6) is 2.25. The van der Waals surface area contributed by atoms with E-state index < -0.39 is 35.4 Å². The Morgan fingerprint density at radius 3 is 2.72 bits per heavy atom. The number of aliphatic hydroxyl groups excluding tert-OH is 2. The number of anilines is 1. The Hall–Kier alpha value is -1.84. The van der Waals surface area contributed by atoms with Crippen molar-refractivity contribution in [3.63, 3.8) is 0 Å². The number of benzene rings is 1. The Bertz CT molecular complexity index is 811. The minimum absolute atomic E-state index is 0.325. The summed E-state index contributed by atoms with van der Waals surface area (Å²) >= 11 is 0. The molecule has 0 amide bonds. The molecule has 0 bridgehead atoms. The van der Waals surface area contributed by atoms with E-state index >= 15 is 0 Å². The molecule has 3 rings (SSSR count). The maximum Gasteiger partial charge on any atom is 0.0909 e. The average molecular weight is 400 g/mol. The summed E-state index contributed by atoms with van der Waals surface area (Å²) in [5, 5.41) is 33.7. The first-order valence-corrected chi connectivity index (χ1v) is 10.3. The van der Waals surface area contributed by atoms with Crippen LogP contribution in [-0.2, 0) is 4.74 Å². The molecule has 5 nitrogen and oxygen atoms in total. The molecular formula is C24H33NO4. The highest BCUT2D eigenvalue weighted by Crippen LogP contribution is 2.53. The molecule has 0 radical (unpaired) electrons. The van der Waals surface area contributed by atoms with Crippen LogP contribution in [-0.4, -0.2) is 58.4 Å². The number of fused-ring (bicyclic) bond motifs is 1. The van der Waals surface area contributed by atoms with E-state index in [9.17, 15) is 15.3 Å². The number of hydrogen-bond donors (Lipinski definition) is 3. The molecule has 158 valence electrons. The molecule has 0 spiro atoms. The van der Waals surface area contributed by atoms with Gasteiger partial charge in [-0.05, 0) is 52.2 Å². The highest BCUT2D eigenvalue weighted by molar-refractivity contribution is 5.64. The molecule has 1 aliphatic carbocycles. The van der Waals surface area contributed by atoms with Crippen LogP contribution in [0.5, 0.6) is 0 Å². The van der Waals surface area contributed by atoms with Crippen LogP contribution in [0.4, 0.5) is 5.69 Å². The van der Waals surface area contributed by atoms with Crippen molar-refractivity contribution in [2.75, 3.05) is 18.6 Å². The number of nitrogens with zero attached hydrogens (tertiary/aromatic N) is 1. The molecule has 0 aromatic heterocycles. The fourth-order valence-electron chi connectivity index (χ4n) is 5.35. The lowest BCUT2D eigenvalue weighted by atomic mass is 9.65. The Morgan fingerprint density at radius 1 is 1.41 bits per heavy atom. The van der Waals surface area contributed by atoms with Crippen molar-refractivity contribution in [2.45, 2.75) is 69.5 Å². The SMILES string of the molecule is C#Cc1ccccc1N1C[C@@]2(O)CC[C@@H](O)[C@@H](OC)[C@@H]2[C@@]1(C)[C@@H](O)CC=C(C)C. The Kier molecular flexibility index (Phi) is 6.12. The minimum Gasteiger partial charge on any atom is -0.390 e. The molecule has 2 fully saturated rings. The number of allylic oxidation sites excluding steroid dienone is 1. The highest BCUT2D eigenvalue weighted by atomic mass is 16.5. The second kappa shape index (κ2) is 8.12. The number of aliphatic hydroxyl groups is 3. The lowest BCUT2D eigenvalue weighted by molar-refractivity contribution is -0.164. The second-order valence-corrected chi connectivity index (χ2v) is 8.89. The van der Waals surface area contributed by atoms with Gasteiger partial charge in [-0.1, -0.05) is 29.7 Å². The first kappa shape index (κ1) is 21.9. The molecule has 3 N–H and O–H groups in total. The number of ether oxygens (including phenoxy) is 1. The molecule has 1 aliphatic heterocycles. The van der Waals surface area contributed by atoms with Gasteiger partial charge in [0.1, 0.15) is 0 Å². The minimum atomic E-state index is -1.09. The molecule has 5 heteroatoms. The van der Waals surface area contributed by atoms with Crippen molar-refractivity contribution < 1.29 is 20.1 Å². The van der Waals surface area contributed by atoms with E-state index in [2.05, 4.69) is 5.92 Å². The molecule has 1 heterocycles. The van der Waals surface area contributed by atoms with Gasteiger partial charge in [0.15, 0.2) is 0 Å². The number of rotatable bonds is 5. The van der Waals surface area contributed by atoms with E-state index in [0.29, 0.717) is 31.4 Å². The van der Waals surface area contributed by atoms with Crippen LogP contribution in [0.1, 0.15) is 45.6 Å². The molecule has 0 unspecified atom stereocenters. The lowest BCUT2D eigenvalue weighted by Gasteiger charge is -2.50. The number of β-amino-alcohol motifs (C(OH)–C–C–N with tert-alkyl or cyclic N) is 1. The van der Waals surface area contributed by atoms with Crippen molar-refractivity contribution in [1.29, 1.82) is 0 Å². The van der Waals surface area contributed by atoms with Crippen molar-refractivity contribution in [3.05, 3.63) is 41.5 Å². The van der Waals surface area contributed by atoms with Gasteiger partial charge in [0.2, 0.25) is 0 Å². The normalized spacial score (nSPS) is 35.0. The molecule has 1 aromatic rings. The van der Waals surface area contributed by atoms with Crippen LogP contribution in [0.15, 0.2) is 35.9 Å². The van der Waals surface area contributed by atoms with Crippen molar-refractivity contribution in [1.82, 2.24) is 0 Å². The van der Waals surface area contributed by atoms with E-state index in [0.717, 1.165) is 11.3 Å². The van der Waals surface area contributed by atoms with Crippen molar-refractivity contribution in [3.8, 4) is 12.3 Å². The molecule has 2 aliphatic rings. The summed E-state index contributed by atoms with van der Waals surface area (Å²) in [5.41, 5.74) is 0.659. The van der Waals surface area contributed by atoms with E-state index in [-0.39, 0.29) is 0 Å². The second-order valence-electron chi connectivity index (χ2n) is 8.89. The van der Waals surface area contributed by atoms with Gasteiger partial charge in [-0.2, -0.15) is 0 Å². The van der Waals surface area contributed by atoms with E-state index in [1.165, 1.54) is 0 Å². The molecule has 29 heavy (non-hydrogen) atoms. The van der Waals surface area contributed by atoms with Gasteiger partial charge < -0.3 is 25.0 Å². The maximum atomic E-state index is 11.7. The van der Waals surface area contributed by atoms with E-state index in [1.807, 2.05) is 56.0 Å². The zero-order chi connectivity index (χ0) is 21.4. The smallest absolute Gasteiger partial charge is 0.0909 e. The van der Waals surface area contributed by atoms with Crippen LogP contribution in [0.3, 0.4) is 0 Å². The molecule has 1 saturated heterocycles. The molecule has 1 saturated carbocycles. The third kappa shape index (κ3) is 3.60. The third-order valence-electron chi connectivity index (χ3n) is 6.85. The summed E-state index contributed by atoms with van der Waals surface area (Å²) in [6, 6.07) is 7.59. The first-order chi connectivity index (χ1) is 13.7. The summed E-state index contributed by atoms with van der Waals surface area (Å²) in [4.78, 5) is 2.04. The summed E-state index contributed by atoms with van der Waals surface area (Å²) in [6.45, 7) is 6.27. The van der Waals surface area contributed by atoms with Gasteiger partial charge in [-0.15, -0.1) is 6.42 Å². The van der Waals surface area contributed by atoms with Gasteiger partial charge in [-0.25, -0.2) is 0 Å². The zero-order valence-electron chi connectivity index (χ0n) is 17.8. The summed E-state index contributed by atoms with van der Waals surface area (Å²) < 4.78 is 5.69. The van der Waals surface area contributed by atoms with Crippen LogP contribution >= 0.6 is 0 Å². The Morgan fingerprint density at radius 2 is 2.10 bits per heavy atom. The van der Waals surface area contributed by atoms with Gasteiger partial charge in [-0.3, -0.25) is 0 Å². The highest BCUT2D eigenvalue weighted by Gasteiger charge is 2.66. The van der Waals surface area contributed by atoms with E-state index in [1.54, 1.807) is 7.11 Å². The standard InChI is InChI=1S/C24H33NO4/c1-6-17-9-7-8-10-18(17)25-15-24(28)14-13-19(26)21(29-5)22(24)23(25,4)20(27)12-11-16(2)3/h1,7-11,19-22,26-28H,12-15H2,2-5H3/t19-,20+,21-,22-,23-,24+/m1/s1. The Labute approximate surface area is 174 Å². The number of terminal acetylenes is 1. The fourth-order valence-corrected chi connectivity index (χ4v) is 5.35. The number of para-hydroxylation sites is 1. The molecule has 6 atom stereocenters. The predicted molar refractivity (Wildman–Crippen MR) is 115 cm³/mol. The number of hydrogen-bond acceptors (Lipinski definition) is 5. The Balaban J connectivity index is 2.17. The van der Waals surface area contributed by atoms with Gasteiger partial charge in [0, 0.05) is 25.1 Å². The van der Waals surface area contributed by atoms with Crippen LogP contribution in [0, 0.1) is 18.3 Å². The first-order valence-electron chi connectivity index (χ1n) is 10.3. The van der Waals surface area contributed by atoms with Gasteiger partial charge >= 0.3 is 0 Å². The zero-order valence-corrected chi connectivity index (χ0v) is 17.8. The summed E-state index contributed by atoms with van der Waals surface area (Å²) in [6.07, 6.45) is 7.04. The van der Waals surface area contributed by atoms with Crippen LogP contribution in [0.2, 0.25) is 0 Å². The topological polar surface area (TPSA) is 73.2 Å². The number of methoxy groups -OCH3 is 1. The average Bonchev–Trinajstić information content (AvgIpc) is 2.95. The monoisotopic (exact) mass is 399 g/mol. The van der Waals surface area contributed by atoms with E-state index in [4.69, 9.17) is 11.2 Å². The molecular weight excluding hydrogens is 366 g/mol. The van der Waals surface area contributed by atoms with Gasteiger partial charge in [0.05, 0.1) is 35.1 Å². The van der Waals surface area contributed by atoms with Crippen molar-refractivity contribution >= 4 is 5.69 Å². The fraction of sp³-hybridized carbons (Fsp3) is 0.583. The third-order valence-corrected chi connectivity index (χ3v) is 6.85. The predicted octanol–water partition coefficient (Wildman–Crippen LogP) is 2.48. The van der Waals surface area contributed by atoms with Crippen molar-refractivity contribution in [2.24, 2.45) is 5.92 Å². The van der Waals surface area contributed by atoms with Gasteiger partial charge in [0.25, 0.3) is 0 Å². The summed E-state index contributed by atoms with van der Waals surface area (Å²) in [7, 11) is 1.56. The lowest BCUT2D eigenvalue weighted by Crippen LogP contribution is -2.63. The molecule has 1 aromatic carbocycles. The maximum absolute atomic E-state index is 11.7. The largest absolute Gasteiger partial charge is 0.390 e.